The Morgan fingerprint density at radius 2 is 2.05 bits per heavy atom. The molecule has 0 saturated heterocycles. The number of hydrogen-bond acceptors (Lipinski definition) is 6. The Hall–Kier alpha value is -2.14. The molecule has 0 aliphatic rings. The van der Waals surface area contributed by atoms with Gasteiger partial charge in [-0.1, -0.05) is 6.07 Å². The van der Waals surface area contributed by atoms with Crippen molar-refractivity contribution in [3.63, 3.8) is 0 Å². The number of nitrogens with one attached hydrogen (secondary N) is 1. The molecule has 0 atom stereocenters. The maximum atomic E-state index is 11.6. The van der Waals surface area contributed by atoms with E-state index < -0.39 is 19.5 Å². The van der Waals surface area contributed by atoms with E-state index in [4.69, 9.17) is 5.26 Å². The minimum absolute atomic E-state index is 0.00154. The molecule has 0 aliphatic heterocycles. The molecule has 108 valence electrons. The SMILES string of the molecule is CC(C)(CNc1cccc(C#N)c1[N+](=O)[O-])S(C)(=O)=O. The van der Waals surface area contributed by atoms with Gasteiger partial charge < -0.3 is 5.32 Å². The standard InChI is InChI=1S/C12H15N3O4S/c1-12(2,20(3,18)19)8-14-10-6-4-5-9(7-13)11(10)15(16)17/h4-6,14H,8H2,1-3H3. The van der Waals surface area contributed by atoms with Gasteiger partial charge in [0.1, 0.15) is 17.3 Å². The molecular formula is C12H15N3O4S. The van der Waals surface area contributed by atoms with E-state index in [9.17, 15) is 18.5 Å². The zero-order chi connectivity index (χ0) is 15.6. The van der Waals surface area contributed by atoms with Crippen LogP contribution in [0.25, 0.3) is 0 Å². The van der Waals surface area contributed by atoms with Gasteiger partial charge in [0.25, 0.3) is 0 Å². The van der Waals surface area contributed by atoms with E-state index in [0.717, 1.165) is 6.26 Å². The molecule has 1 aromatic rings. The van der Waals surface area contributed by atoms with Gasteiger partial charge >= 0.3 is 5.69 Å². The number of para-hydroxylation sites is 1. The molecule has 0 saturated carbocycles. The lowest BCUT2D eigenvalue weighted by Gasteiger charge is -2.23. The van der Waals surface area contributed by atoms with E-state index >= 15 is 0 Å². The summed E-state index contributed by atoms with van der Waals surface area (Å²) in [6.45, 7) is 3.05. The summed E-state index contributed by atoms with van der Waals surface area (Å²) in [5, 5.41) is 22.6. The summed E-state index contributed by atoms with van der Waals surface area (Å²) < 4.78 is 22.1. The number of nitriles is 1. The van der Waals surface area contributed by atoms with E-state index in [1.807, 2.05) is 0 Å². The van der Waals surface area contributed by atoms with E-state index in [-0.39, 0.29) is 23.5 Å². The highest BCUT2D eigenvalue weighted by molar-refractivity contribution is 7.92. The molecule has 0 spiro atoms. The third-order valence-electron chi connectivity index (χ3n) is 3.05. The third kappa shape index (κ3) is 3.24. The zero-order valence-electron chi connectivity index (χ0n) is 11.4. The second-order valence-electron chi connectivity index (χ2n) is 4.96. The van der Waals surface area contributed by atoms with Crippen LogP contribution in [-0.4, -0.2) is 30.9 Å². The highest BCUT2D eigenvalue weighted by Crippen LogP contribution is 2.29. The first-order chi connectivity index (χ1) is 9.10. The lowest BCUT2D eigenvalue weighted by atomic mass is 10.1. The van der Waals surface area contributed by atoms with Gasteiger partial charge in [-0.25, -0.2) is 8.42 Å². The number of anilines is 1. The first-order valence-corrected chi connectivity index (χ1v) is 7.60. The Morgan fingerprint density at radius 1 is 1.45 bits per heavy atom. The van der Waals surface area contributed by atoms with Gasteiger partial charge in [-0.3, -0.25) is 10.1 Å². The van der Waals surface area contributed by atoms with Crippen LogP contribution in [0.3, 0.4) is 0 Å². The molecule has 0 amide bonds. The van der Waals surface area contributed by atoms with Crippen molar-refractivity contribution in [2.75, 3.05) is 18.1 Å². The van der Waals surface area contributed by atoms with Crippen molar-refractivity contribution < 1.29 is 13.3 Å². The van der Waals surface area contributed by atoms with Crippen LogP contribution in [0, 0.1) is 21.4 Å². The predicted molar refractivity (Wildman–Crippen MR) is 75.2 cm³/mol. The van der Waals surface area contributed by atoms with Crippen molar-refractivity contribution in [1.82, 2.24) is 0 Å². The lowest BCUT2D eigenvalue weighted by Crippen LogP contribution is -2.38. The first-order valence-electron chi connectivity index (χ1n) is 5.71. The van der Waals surface area contributed by atoms with Gasteiger partial charge in [0.15, 0.2) is 9.84 Å². The number of sulfone groups is 1. The van der Waals surface area contributed by atoms with Crippen LogP contribution < -0.4 is 5.32 Å². The lowest BCUT2D eigenvalue weighted by molar-refractivity contribution is -0.384. The Morgan fingerprint density at radius 3 is 2.50 bits per heavy atom. The molecule has 1 aromatic carbocycles. The van der Waals surface area contributed by atoms with Crippen LogP contribution in [-0.2, 0) is 9.84 Å². The van der Waals surface area contributed by atoms with Crippen molar-refractivity contribution in [2.45, 2.75) is 18.6 Å². The van der Waals surface area contributed by atoms with Crippen LogP contribution in [0.2, 0.25) is 0 Å². The molecule has 0 fully saturated rings. The van der Waals surface area contributed by atoms with Crippen molar-refractivity contribution in [3.8, 4) is 6.07 Å². The van der Waals surface area contributed by atoms with E-state index in [1.54, 1.807) is 6.07 Å². The Balaban J connectivity index is 3.13. The van der Waals surface area contributed by atoms with E-state index in [0.29, 0.717) is 0 Å². The fourth-order valence-electron chi connectivity index (χ4n) is 1.41. The Kier molecular flexibility index (Phi) is 4.35. The van der Waals surface area contributed by atoms with Crippen molar-refractivity contribution in [2.24, 2.45) is 0 Å². The number of nitro benzene ring substituents is 1. The van der Waals surface area contributed by atoms with Gasteiger partial charge in [0.05, 0.1) is 9.67 Å². The van der Waals surface area contributed by atoms with Crippen molar-refractivity contribution >= 4 is 21.2 Å². The summed E-state index contributed by atoms with van der Waals surface area (Å²) in [5.41, 5.74) is -0.290. The fraction of sp³-hybridized carbons (Fsp3) is 0.417. The maximum absolute atomic E-state index is 11.6. The molecule has 0 bridgehead atoms. The van der Waals surface area contributed by atoms with Crippen LogP contribution in [0.15, 0.2) is 18.2 Å². The smallest absolute Gasteiger partial charge is 0.309 e. The summed E-state index contributed by atoms with van der Waals surface area (Å²) in [6, 6.07) is 6.03. The predicted octanol–water partition coefficient (Wildman–Crippen LogP) is 1.70. The highest BCUT2D eigenvalue weighted by atomic mass is 32.2. The van der Waals surface area contributed by atoms with E-state index in [2.05, 4.69) is 5.32 Å². The maximum Gasteiger partial charge on any atom is 0.309 e. The molecule has 0 heterocycles. The summed E-state index contributed by atoms with van der Waals surface area (Å²) in [5.74, 6) is 0. The number of hydrogen-bond donors (Lipinski definition) is 1. The molecule has 20 heavy (non-hydrogen) atoms. The quantitative estimate of drug-likeness (QED) is 0.653. The molecule has 1 N–H and O–H groups in total. The van der Waals surface area contributed by atoms with Crippen molar-refractivity contribution in [3.05, 3.63) is 33.9 Å². The molecule has 0 aromatic heterocycles. The topological polar surface area (TPSA) is 113 Å². The largest absolute Gasteiger partial charge is 0.378 e. The Bertz CT molecular complexity index is 674. The van der Waals surface area contributed by atoms with E-state index in [1.165, 1.54) is 32.0 Å². The second kappa shape index (κ2) is 5.46. The normalized spacial score (nSPS) is 11.7. The second-order valence-corrected chi connectivity index (χ2v) is 7.61. The summed E-state index contributed by atoms with van der Waals surface area (Å²) in [4.78, 5) is 10.4. The first kappa shape index (κ1) is 15.9. The zero-order valence-corrected chi connectivity index (χ0v) is 12.2. The number of nitro groups is 1. The summed E-state index contributed by atoms with van der Waals surface area (Å²) in [6.07, 6.45) is 1.11. The molecule has 0 aliphatic carbocycles. The van der Waals surface area contributed by atoms with Gasteiger partial charge in [-0.2, -0.15) is 5.26 Å². The minimum Gasteiger partial charge on any atom is -0.378 e. The molecule has 0 radical (unpaired) electrons. The molecule has 1 rings (SSSR count). The average molecular weight is 297 g/mol. The van der Waals surface area contributed by atoms with Crippen LogP contribution in [0.5, 0.6) is 0 Å². The third-order valence-corrected chi connectivity index (χ3v) is 5.20. The summed E-state index contributed by atoms with van der Waals surface area (Å²) >= 11 is 0. The number of nitrogens with zero attached hydrogens (tertiary/aromatic N) is 2. The fourth-order valence-corrected chi connectivity index (χ4v) is 1.75. The van der Waals surface area contributed by atoms with Crippen LogP contribution in [0.4, 0.5) is 11.4 Å². The molecule has 7 nitrogen and oxygen atoms in total. The highest BCUT2D eigenvalue weighted by Gasteiger charge is 2.31. The number of benzene rings is 1. The number of rotatable bonds is 5. The van der Waals surface area contributed by atoms with Gasteiger partial charge in [-0.05, 0) is 26.0 Å². The minimum atomic E-state index is -3.32. The monoisotopic (exact) mass is 297 g/mol. The molecular weight excluding hydrogens is 282 g/mol. The van der Waals surface area contributed by atoms with Crippen LogP contribution in [0.1, 0.15) is 19.4 Å². The van der Waals surface area contributed by atoms with Crippen molar-refractivity contribution in [1.29, 1.82) is 5.26 Å². The molecule has 0 unspecified atom stereocenters. The van der Waals surface area contributed by atoms with Gasteiger partial charge in [0, 0.05) is 12.8 Å². The van der Waals surface area contributed by atoms with Gasteiger partial charge in [-0.15, -0.1) is 0 Å². The summed E-state index contributed by atoms with van der Waals surface area (Å²) in [7, 11) is -3.32. The van der Waals surface area contributed by atoms with Gasteiger partial charge in [0.2, 0.25) is 0 Å². The van der Waals surface area contributed by atoms with Crippen LogP contribution >= 0.6 is 0 Å². The Labute approximate surface area is 117 Å². The molecule has 8 heteroatoms. The average Bonchev–Trinajstić information content (AvgIpc) is 2.34.